The van der Waals surface area contributed by atoms with Crippen LogP contribution in [0.5, 0.6) is 0 Å². The third-order valence-corrected chi connectivity index (χ3v) is 5.79. The first kappa shape index (κ1) is 18.9. The molecule has 2 aliphatic rings. The smallest absolute Gasteiger partial charge is 0.259 e. The maximum Gasteiger partial charge on any atom is 0.259 e. The molecule has 0 spiro atoms. The zero-order valence-corrected chi connectivity index (χ0v) is 16.5. The first-order valence-electron chi connectivity index (χ1n) is 10.3. The molecular formula is C22H28N4O2. The molecule has 1 aromatic carbocycles. The highest BCUT2D eigenvalue weighted by Gasteiger charge is 2.28. The molecule has 6 nitrogen and oxygen atoms in total. The summed E-state index contributed by atoms with van der Waals surface area (Å²) in [6, 6.07) is 10.4. The van der Waals surface area contributed by atoms with E-state index in [0.29, 0.717) is 43.7 Å². The van der Waals surface area contributed by atoms with Crippen molar-refractivity contribution in [3.05, 3.63) is 42.1 Å². The minimum atomic E-state index is 0.000529. The Morgan fingerprint density at radius 3 is 2.54 bits per heavy atom. The van der Waals surface area contributed by atoms with Crippen LogP contribution in [0.4, 0.5) is 5.82 Å². The number of carbonyl (C=O) groups excluding carboxylic acids is 1. The first-order valence-corrected chi connectivity index (χ1v) is 10.3. The highest BCUT2D eigenvalue weighted by molar-refractivity contribution is 5.99. The van der Waals surface area contributed by atoms with Crippen LogP contribution in [-0.2, 0) is 4.74 Å². The molecule has 2 aromatic rings. The number of morpholine rings is 1. The lowest BCUT2D eigenvalue weighted by Crippen LogP contribution is -2.42. The van der Waals surface area contributed by atoms with Crippen molar-refractivity contribution in [1.82, 2.24) is 14.9 Å². The Bertz CT molecular complexity index is 799. The Labute approximate surface area is 166 Å². The summed E-state index contributed by atoms with van der Waals surface area (Å²) in [7, 11) is 2.07. The van der Waals surface area contributed by atoms with E-state index in [-0.39, 0.29) is 5.91 Å². The number of hydrogen-bond donors (Lipinski definition) is 0. The number of aromatic nitrogens is 2. The van der Waals surface area contributed by atoms with E-state index in [9.17, 15) is 4.79 Å². The molecule has 1 aromatic heterocycles. The van der Waals surface area contributed by atoms with Gasteiger partial charge in [-0.05, 0) is 12.8 Å². The van der Waals surface area contributed by atoms with Crippen LogP contribution in [-0.4, -0.2) is 60.2 Å². The molecule has 6 heteroatoms. The van der Waals surface area contributed by atoms with Gasteiger partial charge < -0.3 is 14.5 Å². The van der Waals surface area contributed by atoms with Crippen molar-refractivity contribution in [2.75, 3.05) is 38.3 Å². The molecule has 1 saturated carbocycles. The predicted octanol–water partition coefficient (Wildman–Crippen LogP) is 3.38. The van der Waals surface area contributed by atoms with Crippen molar-refractivity contribution in [3.63, 3.8) is 0 Å². The van der Waals surface area contributed by atoms with Crippen LogP contribution in [0.2, 0.25) is 0 Å². The van der Waals surface area contributed by atoms with Gasteiger partial charge in [0.05, 0.1) is 13.2 Å². The van der Waals surface area contributed by atoms with Gasteiger partial charge in [-0.3, -0.25) is 4.79 Å². The van der Waals surface area contributed by atoms with Crippen molar-refractivity contribution in [1.29, 1.82) is 0 Å². The molecule has 1 amide bonds. The summed E-state index contributed by atoms with van der Waals surface area (Å²) < 4.78 is 5.40. The molecule has 0 unspecified atom stereocenters. The molecule has 2 heterocycles. The number of amides is 1. The molecule has 1 saturated heterocycles. The van der Waals surface area contributed by atoms with Crippen molar-refractivity contribution < 1.29 is 9.53 Å². The quantitative estimate of drug-likeness (QED) is 0.814. The molecule has 28 heavy (non-hydrogen) atoms. The first-order chi connectivity index (χ1) is 13.7. The van der Waals surface area contributed by atoms with Gasteiger partial charge in [0.1, 0.15) is 11.4 Å². The fourth-order valence-electron chi connectivity index (χ4n) is 4.10. The molecule has 1 aliphatic carbocycles. The molecule has 2 fully saturated rings. The number of benzene rings is 1. The summed E-state index contributed by atoms with van der Waals surface area (Å²) in [5, 5.41) is 0. The monoisotopic (exact) mass is 380 g/mol. The van der Waals surface area contributed by atoms with Crippen LogP contribution in [0.15, 0.2) is 36.5 Å². The summed E-state index contributed by atoms with van der Waals surface area (Å²) in [6.45, 7) is 2.41. The Morgan fingerprint density at radius 2 is 1.82 bits per heavy atom. The van der Waals surface area contributed by atoms with E-state index in [1.165, 1.54) is 19.3 Å². The second-order valence-corrected chi connectivity index (χ2v) is 7.60. The predicted molar refractivity (Wildman–Crippen MR) is 109 cm³/mol. The average Bonchev–Trinajstić information content (AvgIpc) is 2.79. The van der Waals surface area contributed by atoms with Crippen molar-refractivity contribution in [2.45, 2.75) is 38.1 Å². The third-order valence-electron chi connectivity index (χ3n) is 5.79. The Hall–Kier alpha value is -2.47. The van der Waals surface area contributed by atoms with Gasteiger partial charge in [-0.25, -0.2) is 9.97 Å². The molecule has 0 bridgehead atoms. The van der Waals surface area contributed by atoms with Gasteiger partial charge in [-0.2, -0.15) is 0 Å². The molecule has 0 atom stereocenters. The second-order valence-electron chi connectivity index (χ2n) is 7.60. The van der Waals surface area contributed by atoms with E-state index in [2.05, 4.69) is 16.9 Å². The summed E-state index contributed by atoms with van der Waals surface area (Å²) in [5.74, 6) is 1.41. The SMILES string of the molecule is CN(c1nc(-c2ccccc2)ncc1C(=O)N1CCOCC1)C1CCCCC1. The van der Waals surface area contributed by atoms with Crippen LogP contribution >= 0.6 is 0 Å². The van der Waals surface area contributed by atoms with Crippen LogP contribution in [0, 0.1) is 0 Å². The van der Waals surface area contributed by atoms with E-state index >= 15 is 0 Å². The topological polar surface area (TPSA) is 58.6 Å². The zero-order valence-electron chi connectivity index (χ0n) is 16.5. The maximum atomic E-state index is 13.2. The van der Waals surface area contributed by atoms with Gasteiger partial charge in [0.25, 0.3) is 5.91 Å². The zero-order chi connectivity index (χ0) is 19.3. The van der Waals surface area contributed by atoms with Crippen molar-refractivity contribution >= 4 is 11.7 Å². The van der Waals surface area contributed by atoms with Crippen LogP contribution in [0.25, 0.3) is 11.4 Å². The lowest BCUT2D eigenvalue weighted by molar-refractivity contribution is 0.0302. The van der Waals surface area contributed by atoms with Crippen LogP contribution < -0.4 is 4.90 Å². The van der Waals surface area contributed by atoms with Gasteiger partial charge >= 0.3 is 0 Å². The van der Waals surface area contributed by atoms with Crippen molar-refractivity contribution in [3.8, 4) is 11.4 Å². The lowest BCUT2D eigenvalue weighted by atomic mass is 9.94. The van der Waals surface area contributed by atoms with Gasteiger partial charge in [0.2, 0.25) is 0 Å². The third kappa shape index (κ3) is 4.02. The summed E-state index contributed by atoms with van der Waals surface area (Å²) in [5.41, 5.74) is 1.56. The number of nitrogens with zero attached hydrogens (tertiary/aromatic N) is 4. The Balaban J connectivity index is 1.70. The molecular weight excluding hydrogens is 352 g/mol. The van der Waals surface area contributed by atoms with Gasteiger partial charge in [-0.15, -0.1) is 0 Å². The number of rotatable bonds is 4. The molecule has 0 N–H and O–H groups in total. The lowest BCUT2D eigenvalue weighted by Gasteiger charge is -2.34. The van der Waals surface area contributed by atoms with E-state index < -0.39 is 0 Å². The van der Waals surface area contributed by atoms with Gasteiger partial charge in [0, 0.05) is 37.9 Å². The van der Waals surface area contributed by atoms with E-state index in [1.807, 2.05) is 35.2 Å². The van der Waals surface area contributed by atoms with Crippen LogP contribution in [0.1, 0.15) is 42.5 Å². The van der Waals surface area contributed by atoms with E-state index in [1.54, 1.807) is 6.20 Å². The molecule has 0 radical (unpaired) electrons. The van der Waals surface area contributed by atoms with Gasteiger partial charge in [0.15, 0.2) is 5.82 Å². The normalized spacial score (nSPS) is 18.1. The highest BCUT2D eigenvalue weighted by Crippen LogP contribution is 2.29. The summed E-state index contributed by atoms with van der Waals surface area (Å²) in [6.07, 6.45) is 7.76. The average molecular weight is 380 g/mol. The Kier molecular flexibility index (Phi) is 5.86. The number of hydrogen-bond acceptors (Lipinski definition) is 5. The van der Waals surface area contributed by atoms with E-state index in [4.69, 9.17) is 9.72 Å². The largest absolute Gasteiger partial charge is 0.378 e. The van der Waals surface area contributed by atoms with Gasteiger partial charge in [-0.1, -0.05) is 49.6 Å². The molecule has 148 valence electrons. The maximum absolute atomic E-state index is 13.2. The highest BCUT2D eigenvalue weighted by atomic mass is 16.5. The Morgan fingerprint density at radius 1 is 1.11 bits per heavy atom. The minimum Gasteiger partial charge on any atom is -0.378 e. The summed E-state index contributed by atoms with van der Waals surface area (Å²) in [4.78, 5) is 26.7. The standard InChI is InChI=1S/C22H28N4O2/c1-25(18-10-6-3-7-11-18)21-19(22(27)26-12-14-28-15-13-26)16-23-20(24-21)17-8-4-2-5-9-17/h2,4-5,8-9,16,18H,3,6-7,10-15H2,1H3. The van der Waals surface area contributed by atoms with Crippen LogP contribution in [0.3, 0.4) is 0 Å². The fourth-order valence-corrected chi connectivity index (χ4v) is 4.10. The molecule has 4 rings (SSSR count). The second kappa shape index (κ2) is 8.69. The molecule has 1 aliphatic heterocycles. The minimum absolute atomic E-state index is 0.000529. The van der Waals surface area contributed by atoms with E-state index in [0.717, 1.165) is 24.2 Å². The fraction of sp³-hybridized carbons (Fsp3) is 0.500. The summed E-state index contributed by atoms with van der Waals surface area (Å²) >= 11 is 0. The number of anilines is 1. The number of ether oxygens (including phenoxy) is 1. The van der Waals surface area contributed by atoms with Crippen molar-refractivity contribution in [2.24, 2.45) is 0 Å². The number of carbonyl (C=O) groups is 1.